The molecule has 0 aliphatic heterocycles. The van der Waals surface area contributed by atoms with E-state index in [1.807, 2.05) is 0 Å². The zero-order valence-electron chi connectivity index (χ0n) is 12.2. The van der Waals surface area contributed by atoms with Gasteiger partial charge in [-0.15, -0.1) is 0 Å². The Morgan fingerprint density at radius 2 is 1.65 bits per heavy atom. The van der Waals surface area contributed by atoms with E-state index in [2.05, 4.69) is 0 Å². The van der Waals surface area contributed by atoms with Crippen LogP contribution in [0.25, 0.3) is 11.1 Å². The summed E-state index contributed by atoms with van der Waals surface area (Å²) in [6.45, 7) is 0. The fourth-order valence-electron chi connectivity index (χ4n) is 2.94. The van der Waals surface area contributed by atoms with Gasteiger partial charge in [-0.05, 0) is 65.8 Å². The third-order valence-electron chi connectivity index (χ3n) is 4.01. The number of allylic oxidation sites excluding steroid dienone is 2. The SMILES string of the molecule is NS(=O)(=O)c1ccc(C2=C(c3ccc(F)cc3Cl)CCC2)cc1. The number of rotatable bonds is 3. The summed E-state index contributed by atoms with van der Waals surface area (Å²) in [5.74, 6) is -0.364. The van der Waals surface area contributed by atoms with Crippen LogP contribution in [0.3, 0.4) is 0 Å². The molecule has 0 bridgehead atoms. The smallest absolute Gasteiger partial charge is 0.225 e. The Hall–Kier alpha value is -1.69. The molecule has 0 heterocycles. The van der Waals surface area contributed by atoms with Crippen molar-refractivity contribution in [1.82, 2.24) is 0 Å². The third kappa shape index (κ3) is 3.32. The Labute approximate surface area is 139 Å². The van der Waals surface area contributed by atoms with Crippen molar-refractivity contribution in [1.29, 1.82) is 0 Å². The Balaban J connectivity index is 2.06. The van der Waals surface area contributed by atoms with Crippen LogP contribution >= 0.6 is 11.6 Å². The molecule has 2 aromatic carbocycles. The van der Waals surface area contributed by atoms with Crippen molar-refractivity contribution in [3.05, 3.63) is 64.4 Å². The van der Waals surface area contributed by atoms with Gasteiger partial charge in [-0.1, -0.05) is 29.8 Å². The van der Waals surface area contributed by atoms with Gasteiger partial charge in [0.2, 0.25) is 10.0 Å². The van der Waals surface area contributed by atoms with E-state index >= 15 is 0 Å². The van der Waals surface area contributed by atoms with Crippen molar-refractivity contribution in [2.75, 3.05) is 0 Å². The van der Waals surface area contributed by atoms with Crippen LogP contribution in [0.4, 0.5) is 4.39 Å². The molecule has 0 spiro atoms. The Bertz CT molecular complexity index is 889. The normalized spacial score (nSPS) is 15.3. The zero-order valence-corrected chi connectivity index (χ0v) is 13.8. The van der Waals surface area contributed by atoms with E-state index in [4.69, 9.17) is 16.7 Å². The molecule has 23 heavy (non-hydrogen) atoms. The molecule has 0 aromatic heterocycles. The molecule has 0 saturated carbocycles. The van der Waals surface area contributed by atoms with Crippen molar-refractivity contribution in [3.63, 3.8) is 0 Å². The largest absolute Gasteiger partial charge is 0.238 e. The summed E-state index contributed by atoms with van der Waals surface area (Å²) >= 11 is 6.18. The molecule has 3 nitrogen and oxygen atoms in total. The number of benzene rings is 2. The summed E-state index contributed by atoms with van der Waals surface area (Å²) in [6.07, 6.45) is 2.71. The lowest BCUT2D eigenvalue weighted by Gasteiger charge is -2.11. The van der Waals surface area contributed by atoms with Gasteiger partial charge >= 0.3 is 0 Å². The van der Waals surface area contributed by atoms with Gasteiger partial charge < -0.3 is 0 Å². The van der Waals surface area contributed by atoms with E-state index in [9.17, 15) is 12.8 Å². The highest BCUT2D eigenvalue weighted by Crippen LogP contribution is 2.42. The number of sulfonamides is 1. The summed E-state index contributed by atoms with van der Waals surface area (Å²) in [5, 5.41) is 5.51. The minimum absolute atomic E-state index is 0.0845. The van der Waals surface area contributed by atoms with Crippen LogP contribution in [0.15, 0.2) is 47.4 Å². The van der Waals surface area contributed by atoms with Gasteiger partial charge in [0.1, 0.15) is 5.82 Å². The number of nitrogens with two attached hydrogens (primary N) is 1. The van der Waals surface area contributed by atoms with Crippen LogP contribution in [0.5, 0.6) is 0 Å². The van der Waals surface area contributed by atoms with Crippen molar-refractivity contribution in [3.8, 4) is 0 Å². The number of hydrogen-bond acceptors (Lipinski definition) is 2. The molecule has 120 valence electrons. The molecule has 0 radical (unpaired) electrons. The van der Waals surface area contributed by atoms with Gasteiger partial charge in [-0.2, -0.15) is 0 Å². The van der Waals surface area contributed by atoms with E-state index in [1.165, 1.54) is 24.3 Å². The third-order valence-corrected chi connectivity index (χ3v) is 5.25. The number of halogens is 2. The van der Waals surface area contributed by atoms with E-state index in [1.54, 1.807) is 18.2 Å². The first kappa shape index (κ1) is 16.2. The van der Waals surface area contributed by atoms with E-state index in [-0.39, 0.29) is 10.7 Å². The first-order valence-corrected chi connectivity index (χ1v) is 9.09. The number of primary sulfonamides is 1. The molecule has 0 amide bonds. The highest BCUT2D eigenvalue weighted by Gasteiger charge is 2.20. The maximum Gasteiger partial charge on any atom is 0.238 e. The highest BCUT2D eigenvalue weighted by molar-refractivity contribution is 7.89. The maximum atomic E-state index is 13.2. The van der Waals surface area contributed by atoms with Gasteiger partial charge in [-0.3, -0.25) is 0 Å². The average Bonchev–Trinajstić information content (AvgIpc) is 2.95. The Kier molecular flexibility index (Phi) is 4.27. The van der Waals surface area contributed by atoms with Crippen LogP contribution in [-0.4, -0.2) is 8.42 Å². The first-order valence-electron chi connectivity index (χ1n) is 7.17. The van der Waals surface area contributed by atoms with Crippen LogP contribution in [0.2, 0.25) is 5.02 Å². The van der Waals surface area contributed by atoms with E-state index in [0.717, 1.165) is 41.5 Å². The predicted molar refractivity (Wildman–Crippen MR) is 89.9 cm³/mol. The first-order chi connectivity index (χ1) is 10.9. The second kappa shape index (κ2) is 6.07. The second-order valence-corrected chi connectivity index (χ2v) is 7.47. The van der Waals surface area contributed by atoms with Gasteiger partial charge in [-0.25, -0.2) is 17.9 Å². The molecule has 1 aliphatic carbocycles. The molecule has 2 aromatic rings. The summed E-state index contributed by atoms with van der Waals surface area (Å²) in [4.78, 5) is 0.0845. The van der Waals surface area contributed by atoms with Gasteiger partial charge in [0, 0.05) is 0 Å². The molecule has 1 aliphatic rings. The van der Waals surface area contributed by atoms with Crippen LogP contribution in [-0.2, 0) is 10.0 Å². The standard InChI is InChI=1S/C17H15ClFNO2S/c18-17-10-12(19)6-9-16(17)15-3-1-2-14(15)11-4-7-13(8-5-11)23(20,21)22/h4-10H,1-3H2,(H2,20,21,22). The van der Waals surface area contributed by atoms with Crippen LogP contribution in [0, 0.1) is 5.82 Å². The minimum Gasteiger partial charge on any atom is -0.225 e. The molecular weight excluding hydrogens is 337 g/mol. The molecule has 0 atom stereocenters. The Morgan fingerprint density at radius 3 is 2.26 bits per heavy atom. The summed E-state index contributed by atoms with van der Waals surface area (Å²) < 4.78 is 35.9. The van der Waals surface area contributed by atoms with E-state index in [0.29, 0.717) is 5.02 Å². The van der Waals surface area contributed by atoms with Crippen molar-refractivity contribution in [2.45, 2.75) is 24.2 Å². The lowest BCUT2D eigenvalue weighted by molar-refractivity contribution is 0.598. The molecule has 0 saturated heterocycles. The lowest BCUT2D eigenvalue weighted by Crippen LogP contribution is -2.11. The predicted octanol–water partition coefficient (Wildman–Crippen LogP) is 4.22. The fraction of sp³-hybridized carbons (Fsp3) is 0.176. The Morgan fingerprint density at radius 1 is 1.00 bits per heavy atom. The molecule has 6 heteroatoms. The van der Waals surface area contributed by atoms with E-state index < -0.39 is 10.0 Å². The quantitative estimate of drug-likeness (QED) is 0.899. The lowest BCUT2D eigenvalue weighted by atomic mass is 9.97. The molecule has 3 rings (SSSR count). The van der Waals surface area contributed by atoms with Crippen molar-refractivity contribution < 1.29 is 12.8 Å². The minimum atomic E-state index is -3.70. The molecular formula is C17H15ClFNO2S. The maximum absolute atomic E-state index is 13.2. The molecule has 2 N–H and O–H groups in total. The highest BCUT2D eigenvalue weighted by atomic mass is 35.5. The average molecular weight is 352 g/mol. The monoisotopic (exact) mass is 351 g/mol. The van der Waals surface area contributed by atoms with Crippen molar-refractivity contribution in [2.24, 2.45) is 5.14 Å². The van der Waals surface area contributed by atoms with Crippen molar-refractivity contribution >= 4 is 32.8 Å². The van der Waals surface area contributed by atoms with Gasteiger partial charge in [0.15, 0.2) is 0 Å². The topological polar surface area (TPSA) is 60.2 Å². The molecule has 0 unspecified atom stereocenters. The summed E-state index contributed by atoms with van der Waals surface area (Å²) in [7, 11) is -3.70. The van der Waals surface area contributed by atoms with Crippen LogP contribution < -0.4 is 5.14 Å². The van der Waals surface area contributed by atoms with Crippen LogP contribution in [0.1, 0.15) is 30.4 Å². The summed E-state index contributed by atoms with van der Waals surface area (Å²) in [5.41, 5.74) is 3.96. The van der Waals surface area contributed by atoms with Gasteiger partial charge in [0.05, 0.1) is 9.92 Å². The van der Waals surface area contributed by atoms with Gasteiger partial charge in [0.25, 0.3) is 0 Å². The molecule has 0 fully saturated rings. The fourth-order valence-corrected chi connectivity index (χ4v) is 3.74. The summed E-state index contributed by atoms with van der Waals surface area (Å²) in [6, 6.07) is 10.9. The second-order valence-electron chi connectivity index (χ2n) is 5.50. The zero-order chi connectivity index (χ0) is 16.6. The number of hydrogen-bond donors (Lipinski definition) is 1.